The average molecular weight is 386 g/mol. The number of para-hydroxylation sites is 1. The maximum atomic E-state index is 11.2. The van der Waals surface area contributed by atoms with E-state index in [4.69, 9.17) is 0 Å². The van der Waals surface area contributed by atoms with Crippen LogP contribution in [0.15, 0.2) is 24.3 Å². The zero-order valence-electron chi connectivity index (χ0n) is 12.0. The number of methoxy groups -OCH3 is 1. The number of hydrogen-bond donors (Lipinski definition) is 0. The summed E-state index contributed by atoms with van der Waals surface area (Å²) in [7, 11) is 5.54. The quantitative estimate of drug-likeness (QED) is 0.586. The molecule has 0 bridgehead atoms. The molecule has 2 aromatic rings. The second-order valence-electron chi connectivity index (χ2n) is 4.91. The molecule has 1 aromatic heterocycles. The van der Waals surface area contributed by atoms with Gasteiger partial charge in [0.2, 0.25) is 0 Å². The molecule has 0 aliphatic heterocycles. The Hall–Kier alpha value is -1.08. The fourth-order valence-corrected chi connectivity index (χ4v) is 3.05. The summed E-state index contributed by atoms with van der Waals surface area (Å²) in [6, 6.07) is 8.41. The number of rotatable bonds is 5. The topological polar surface area (TPSA) is 34.5 Å². The van der Waals surface area contributed by atoms with Crippen molar-refractivity contribution >= 4 is 39.5 Å². The van der Waals surface area contributed by atoms with E-state index in [1.165, 1.54) is 27.3 Å². The van der Waals surface area contributed by atoms with Gasteiger partial charge in [-0.05, 0) is 35.7 Å². The monoisotopic (exact) mass is 386 g/mol. The van der Waals surface area contributed by atoms with Gasteiger partial charge in [-0.3, -0.25) is 4.79 Å². The van der Waals surface area contributed by atoms with Crippen LogP contribution >= 0.6 is 22.6 Å². The summed E-state index contributed by atoms with van der Waals surface area (Å²) < 4.78 is 8.13. The maximum Gasteiger partial charge on any atom is 0.306 e. The Labute approximate surface area is 132 Å². The second-order valence-corrected chi connectivity index (χ2v) is 5.93. The molecule has 4 nitrogen and oxygen atoms in total. The van der Waals surface area contributed by atoms with Crippen LogP contribution in [0.2, 0.25) is 0 Å². The number of ether oxygens (including phenoxy) is 1. The maximum absolute atomic E-state index is 11.2. The first-order valence-electron chi connectivity index (χ1n) is 6.51. The minimum Gasteiger partial charge on any atom is -0.469 e. The van der Waals surface area contributed by atoms with E-state index in [1.54, 1.807) is 0 Å². The Bertz CT molecular complexity index is 622. The molecule has 0 saturated heterocycles. The van der Waals surface area contributed by atoms with Crippen LogP contribution in [0.4, 0.5) is 0 Å². The smallest absolute Gasteiger partial charge is 0.306 e. The molecular formula is C15H19IN2O2. The van der Waals surface area contributed by atoms with E-state index in [0.29, 0.717) is 13.0 Å². The summed E-state index contributed by atoms with van der Waals surface area (Å²) in [4.78, 5) is 13.4. The van der Waals surface area contributed by atoms with Gasteiger partial charge in [-0.15, -0.1) is 0 Å². The number of aromatic nitrogens is 1. The highest BCUT2D eigenvalue weighted by atomic mass is 127. The van der Waals surface area contributed by atoms with Crippen LogP contribution in [-0.2, 0) is 23.1 Å². The van der Waals surface area contributed by atoms with E-state index in [-0.39, 0.29) is 5.97 Å². The Balaban J connectivity index is 2.17. The first-order chi connectivity index (χ1) is 9.54. The lowest BCUT2D eigenvalue weighted by molar-refractivity contribution is -0.140. The Morgan fingerprint density at radius 3 is 2.80 bits per heavy atom. The summed E-state index contributed by atoms with van der Waals surface area (Å²) >= 11 is 2.39. The minimum absolute atomic E-state index is 0.163. The number of nitrogens with zero attached hydrogens (tertiary/aromatic N) is 2. The summed E-state index contributed by atoms with van der Waals surface area (Å²) in [6.07, 6.45) is 0.425. The van der Waals surface area contributed by atoms with Crippen molar-refractivity contribution in [2.75, 3.05) is 20.7 Å². The van der Waals surface area contributed by atoms with Crippen LogP contribution in [0.5, 0.6) is 0 Å². The van der Waals surface area contributed by atoms with Crippen molar-refractivity contribution in [2.24, 2.45) is 7.05 Å². The van der Waals surface area contributed by atoms with E-state index >= 15 is 0 Å². The lowest BCUT2D eigenvalue weighted by Gasteiger charge is -2.16. The molecule has 0 N–H and O–H groups in total. The van der Waals surface area contributed by atoms with Crippen molar-refractivity contribution in [1.29, 1.82) is 0 Å². The molecule has 0 fully saturated rings. The fourth-order valence-electron chi connectivity index (χ4n) is 2.32. The van der Waals surface area contributed by atoms with Gasteiger partial charge in [0, 0.05) is 36.6 Å². The molecule has 0 unspecified atom stereocenters. The van der Waals surface area contributed by atoms with Gasteiger partial charge in [-0.2, -0.15) is 0 Å². The van der Waals surface area contributed by atoms with Gasteiger partial charge in [0.25, 0.3) is 0 Å². The van der Waals surface area contributed by atoms with Crippen LogP contribution in [-0.4, -0.2) is 36.1 Å². The zero-order valence-corrected chi connectivity index (χ0v) is 14.2. The van der Waals surface area contributed by atoms with Crippen LogP contribution in [0.3, 0.4) is 0 Å². The van der Waals surface area contributed by atoms with Gasteiger partial charge in [-0.25, -0.2) is 0 Å². The van der Waals surface area contributed by atoms with E-state index in [2.05, 4.69) is 68.1 Å². The normalized spacial score (nSPS) is 11.2. The SMILES string of the molecule is COC(=O)CCN(C)Cc1c(I)n(C)c2ccccc12. The van der Waals surface area contributed by atoms with Gasteiger partial charge in [0.05, 0.1) is 17.2 Å². The largest absolute Gasteiger partial charge is 0.469 e. The van der Waals surface area contributed by atoms with Crippen molar-refractivity contribution in [2.45, 2.75) is 13.0 Å². The van der Waals surface area contributed by atoms with E-state index in [9.17, 15) is 4.79 Å². The Kier molecular flexibility index (Phi) is 5.04. The number of hydrogen-bond acceptors (Lipinski definition) is 3. The molecular weight excluding hydrogens is 367 g/mol. The summed E-state index contributed by atoms with van der Waals surface area (Å²) in [5.41, 5.74) is 2.56. The number of aryl methyl sites for hydroxylation is 1. The van der Waals surface area contributed by atoms with Crippen LogP contribution in [0.1, 0.15) is 12.0 Å². The molecule has 0 saturated carbocycles. The molecule has 0 aliphatic carbocycles. The molecule has 20 heavy (non-hydrogen) atoms. The second kappa shape index (κ2) is 6.58. The fraction of sp³-hybridized carbons (Fsp3) is 0.400. The lowest BCUT2D eigenvalue weighted by atomic mass is 10.1. The van der Waals surface area contributed by atoms with Crippen LogP contribution in [0, 0.1) is 3.70 Å². The predicted octanol–water partition coefficient (Wildman–Crippen LogP) is 2.78. The first kappa shape index (κ1) is 15.3. The van der Waals surface area contributed by atoms with E-state index in [0.717, 1.165) is 6.54 Å². The van der Waals surface area contributed by atoms with E-state index < -0.39 is 0 Å². The summed E-state index contributed by atoms with van der Waals surface area (Å²) in [6.45, 7) is 1.53. The highest BCUT2D eigenvalue weighted by Crippen LogP contribution is 2.27. The van der Waals surface area contributed by atoms with Crippen molar-refractivity contribution in [3.05, 3.63) is 33.5 Å². The molecule has 1 heterocycles. The number of benzene rings is 1. The third-order valence-electron chi connectivity index (χ3n) is 3.49. The summed E-state index contributed by atoms with van der Waals surface area (Å²) in [5.74, 6) is -0.163. The predicted molar refractivity (Wildman–Crippen MR) is 88.6 cm³/mol. The highest BCUT2D eigenvalue weighted by molar-refractivity contribution is 14.1. The Morgan fingerprint density at radius 1 is 1.40 bits per heavy atom. The first-order valence-corrected chi connectivity index (χ1v) is 7.59. The summed E-state index contributed by atoms with van der Waals surface area (Å²) in [5, 5.41) is 1.28. The molecule has 0 amide bonds. The third kappa shape index (κ3) is 3.15. The number of halogens is 1. The molecule has 0 spiro atoms. The molecule has 108 valence electrons. The average Bonchev–Trinajstić information content (AvgIpc) is 2.70. The molecule has 2 rings (SSSR count). The van der Waals surface area contributed by atoms with Crippen molar-refractivity contribution in [3.63, 3.8) is 0 Å². The van der Waals surface area contributed by atoms with Gasteiger partial charge >= 0.3 is 5.97 Å². The number of esters is 1. The van der Waals surface area contributed by atoms with Gasteiger partial charge in [-0.1, -0.05) is 18.2 Å². The van der Waals surface area contributed by atoms with Gasteiger partial charge < -0.3 is 14.2 Å². The van der Waals surface area contributed by atoms with Gasteiger partial charge in [0.1, 0.15) is 0 Å². The standard InChI is InChI=1S/C15H19IN2O2/c1-17(9-8-14(19)20-3)10-12-11-6-4-5-7-13(11)18(2)15(12)16/h4-7H,8-10H2,1-3H3. The third-order valence-corrected chi connectivity index (χ3v) is 4.86. The van der Waals surface area contributed by atoms with E-state index in [1.807, 2.05) is 7.05 Å². The molecule has 0 aliphatic rings. The van der Waals surface area contributed by atoms with Crippen molar-refractivity contribution < 1.29 is 9.53 Å². The minimum atomic E-state index is -0.163. The van der Waals surface area contributed by atoms with Gasteiger partial charge in [0.15, 0.2) is 0 Å². The van der Waals surface area contributed by atoms with Crippen molar-refractivity contribution in [1.82, 2.24) is 9.47 Å². The molecule has 0 atom stereocenters. The zero-order chi connectivity index (χ0) is 14.7. The number of fused-ring (bicyclic) bond motifs is 1. The van der Waals surface area contributed by atoms with Crippen LogP contribution in [0.25, 0.3) is 10.9 Å². The van der Waals surface area contributed by atoms with Crippen LogP contribution < -0.4 is 0 Å². The highest BCUT2D eigenvalue weighted by Gasteiger charge is 2.14. The number of carbonyl (C=O) groups is 1. The lowest BCUT2D eigenvalue weighted by Crippen LogP contribution is -2.22. The molecule has 1 aromatic carbocycles. The molecule has 0 radical (unpaired) electrons. The molecule has 5 heteroatoms. The Morgan fingerprint density at radius 2 is 2.10 bits per heavy atom. The number of carbonyl (C=O) groups excluding carboxylic acids is 1. The van der Waals surface area contributed by atoms with Crippen molar-refractivity contribution in [3.8, 4) is 0 Å².